The monoisotopic (exact) mass is 247 g/mol. The topological polar surface area (TPSA) is 20.3 Å². The molecule has 0 aromatic heterocycles. The fraction of sp³-hybridized carbons (Fsp3) is 0.500. The van der Waals surface area contributed by atoms with Gasteiger partial charge >= 0.3 is 0 Å². The number of hydrogen-bond donors (Lipinski definition) is 0. The minimum atomic E-state index is 0.209. The van der Waals surface area contributed by atoms with Crippen LogP contribution in [0.4, 0.5) is 5.69 Å². The van der Waals surface area contributed by atoms with Gasteiger partial charge in [-0.25, -0.2) is 0 Å². The molecule has 17 heavy (non-hydrogen) atoms. The lowest BCUT2D eigenvalue weighted by Crippen LogP contribution is -2.40. The number of nitrogens with zero attached hydrogens (tertiary/aromatic N) is 1. The Bertz CT molecular complexity index is 426. The van der Waals surface area contributed by atoms with Gasteiger partial charge in [-0.05, 0) is 43.1 Å². The molecule has 0 saturated carbocycles. The summed E-state index contributed by atoms with van der Waals surface area (Å²) in [6.45, 7) is 0.896. The molecule has 1 unspecified atom stereocenters. The van der Waals surface area contributed by atoms with Crippen LogP contribution in [0.2, 0.25) is 0 Å². The predicted octanol–water partition coefficient (Wildman–Crippen LogP) is 2.86. The third-order valence-corrected chi connectivity index (χ3v) is 4.95. The molecular weight excluding hydrogens is 230 g/mol. The lowest BCUT2D eigenvalue weighted by molar-refractivity contribution is -0.118. The maximum atomic E-state index is 12.5. The summed E-state index contributed by atoms with van der Waals surface area (Å²) in [7, 11) is 0. The molecule has 1 atom stereocenters. The Labute approximate surface area is 106 Å². The lowest BCUT2D eigenvalue weighted by Gasteiger charge is -2.31. The number of para-hydroxylation sites is 1. The molecule has 0 aliphatic carbocycles. The van der Waals surface area contributed by atoms with Crippen LogP contribution in [-0.2, 0) is 11.2 Å². The van der Waals surface area contributed by atoms with E-state index in [1.54, 1.807) is 0 Å². The van der Waals surface area contributed by atoms with Gasteiger partial charge in [-0.1, -0.05) is 18.2 Å². The van der Waals surface area contributed by atoms with E-state index in [1.165, 1.54) is 12.0 Å². The second kappa shape index (κ2) is 4.73. The van der Waals surface area contributed by atoms with Crippen molar-refractivity contribution >= 4 is 23.4 Å². The molecular formula is C14H17NOS. The zero-order chi connectivity index (χ0) is 11.7. The van der Waals surface area contributed by atoms with E-state index in [2.05, 4.69) is 18.2 Å². The molecule has 3 rings (SSSR count). The highest BCUT2D eigenvalue weighted by Gasteiger charge is 2.30. The number of carbonyl (C=O) groups excluding carboxylic acids is 1. The van der Waals surface area contributed by atoms with Crippen LogP contribution in [0.25, 0.3) is 0 Å². The standard InChI is InChI=1S/C14H17NOS/c16-14(13-8-4-10-17-13)15-9-3-6-11-5-1-2-7-12(11)15/h1-2,5,7,13H,3-4,6,8-10H2. The minimum Gasteiger partial charge on any atom is -0.311 e. The highest BCUT2D eigenvalue weighted by molar-refractivity contribution is 8.00. The molecule has 90 valence electrons. The normalized spacial score (nSPS) is 23.5. The summed E-state index contributed by atoms with van der Waals surface area (Å²) >= 11 is 1.83. The van der Waals surface area contributed by atoms with Crippen LogP contribution in [-0.4, -0.2) is 23.5 Å². The molecule has 2 aliphatic rings. The van der Waals surface area contributed by atoms with Crippen molar-refractivity contribution in [3.05, 3.63) is 29.8 Å². The third-order valence-electron chi connectivity index (χ3n) is 3.58. The summed E-state index contributed by atoms with van der Waals surface area (Å²) in [6, 6.07) is 8.34. The Morgan fingerprint density at radius 3 is 3.00 bits per heavy atom. The zero-order valence-corrected chi connectivity index (χ0v) is 10.7. The van der Waals surface area contributed by atoms with Gasteiger partial charge in [-0.2, -0.15) is 0 Å². The Balaban J connectivity index is 1.86. The third kappa shape index (κ3) is 2.08. The summed E-state index contributed by atoms with van der Waals surface area (Å²) in [5.41, 5.74) is 2.48. The first-order chi connectivity index (χ1) is 8.36. The smallest absolute Gasteiger partial charge is 0.240 e. The van der Waals surface area contributed by atoms with Crippen molar-refractivity contribution in [2.45, 2.75) is 30.9 Å². The van der Waals surface area contributed by atoms with Gasteiger partial charge in [0.25, 0.3) is 0 Å². The number of thioether (sulfide) groups is 1. The van der Waals surface area contributed by atoms with Gasteiger partial charge in [-0.3, -0.25) is 4.79 Å². The van der Waals surface area contributed by atoms with Gasteiger partial charge in [-0.15, -0.1) is 11.8 Å². The Morgan fingerprint density at radius 1 is 1.29 bits per heavy atom. The molecule has 2 aliphatic heterocycles. The van der Waals surface area contributed by atoms with Crippen LogP contribution in [0.5, 0.6) is 0 Å². The van der Waals surface area contributed by atoms with Crippen LogP contribution < -0.4 is 4.90 Å². The second-order valence-electron chi connectivity index (χ2n) is 4.72. The van der Waals surface area contributed by atoms with E-state index < -0.39 is 0 Å². The van der Waals surface area contributed by atoms with Crippen molar-refractivity contribution in [1.82, 2.24) is 0 Å². The summed E-state index contributed by atoms with van der Waals surface area (Å²) < 4.78 is 0. The first-order valence-electron chi connectivity index (χ1n) is 6.37. The van der Waals surface area contributed by atoms with Gasteiger partial charge in [0.15, 0.2) is 0 Å². The van der Waals surface area contributed by atoms with Crippen molar-refractivity contribution in [2.24, 2.45) is 0 Å². The van der Waals surface area contributed by atoms with E-state index >= 15 is 0 Å². The van der Waals surface area contributed by atoms with E-state index in [1.807, 2.05) is 22.7 Å². The molecule has 1 aromatic carbocycles. The average Bonchev–Trinajstić information content (AvgIpc) is 2.91. The number of anilines is 1. The van der Waals surface area contributed by atoms with E-state index in [9.17, 15) is 4.79 Å². The van der Waals surface area contributed by atoms with E-state index in [4.69, 9.17) is 0 Å². The molecule has 1 fully saturated rings. The van der Waals surface area contributed by atoms with Gasteiger partial charge in [0.05, 0.1) is 5.25 Å². The maximum absolute atomic E-state index is 12.5. The number of rotatable bonds is 1. The zero-order valence-electron chi connectivity index (χ0n) is 9.89. The van der Waals surface area contributed by atoms with Crippen molar-refractivity contribution in [1.29, 1.82) is 0 Å². The lowest BCUT2D eigenvalue weighted by atomic mass is 10.0. The first kappa shape index (κ1) is 11.1. The van der Waals surface area contributed by atoms with Crippen LogP contribution in [0, 0.1) is 0 Å². The van der Waals surface area contributed by atoms with Crippen LogP contribution in [0.15, 0.2) is 24.3 Å². The molecule has 0 bridgehead atoms. The number of carbonyl (C=O) groups is 1. The highest BCUT2D eigenvalue weighted by atomic mass is 32.2. The van der Waals surface area contributed by atoms with Crippen molar-refractivity contribution in [3.63, 3.8) is 0 Å². The largest absolute Gasteiger partial charge is 0.311 e. The van der Waals surface area contributed by atoms with Gasteiger partial charge < -0.3 is 4.90 Å². The Kier molecular flexibility index (Phi) is 3.10. The maximum Gasteiger partial charge on any atom is 0.240 e. The quantitative estimate of drug-likeness (QED) is 0.760. The number of hydrogen-bond acceptors (Lipinski definition) is 2. The number of amides is 1. The molecule has 1 saturated heterocycles. The predicted molar refractivity (Wildman–Crippen MR) is 72.6 cm³/mol. The SMILES string of the molecule is O=C(C1CCCS1)N1CCCc2ccccc21. The van der Waals surface area contributed by atoms with Crippen molar-refractivity contribution < 1.29 is 4.79 Å². The molecule has 2 nitrogen and oxygen atoms in total. The Hall–Kier alpha value is -0.960. The van der Waals surface area contributed by atoms with Crippen molar-refractivity contribution in [2.75, 3.05) is 17.2 Å². The van der Waals surface area contributed by atoms with Gasteiger partial charge in [0.1, 0.15) is 0 Å². The van der Waals surface area contributed by atoms with E-state index in [0.29, 0.717) is 5.91 Å². The van der Waals surface area contributed by atoms with Crippen molar-refractivity contribution in [3.8, 4) is 0 Å². The van der Waals surface area contributed by atoms with Gasteiger partial charge in [0, 0.05) is 12.2 Å². The Morgan fingerprint density at radius 2 is 2.18 bits per heavy atom. The van der Waals surface area contributed by atoms with E-state index in [-0.39, 0.29) is 5.25 Å². The van der Waals surface area contributed by atoms with Crippen LogP contribution in [0.3, 0.4) is 0 Å². The fourth-order valence-electron chi connectivity index (χ4n) is 2.71. The molecule has 1 amide bonds. The summed E-state index contributed by atoms with van der Waals surface area (Å²) in [6.07, 6.45) is 4.45. The summed E-state index contributed by atoms with van der Waals surface area (Å²) in [4.78, 5) is 14.5. The summed E-state index contributed by atoms with van der Waals surface area (Å²) in [5.74, 6) is 1.48. The number of benzene rings is 1. The fourth-order valence-corrected chi connectivity index (χ4v) is 3.93. The van der Waals surface area contributed by atoms with E-state index in [0.717, 1.165) is 37.2 Å². The van der Waals surface area contributed by atoms with Crippen LogP contribution in [0.1, 0.15) is 24.8 Å². The molecule has 2 heterocycles. The second-order valence-corrected chi connectivity index (χ2v) is 6.03. The number of fused-ring (bicyclic) bond motifs is 1. The summed E-state index contributed by atoms with van der Waals surface area (Å²) in [5, 5.41) is 0.209. The molecule has 1 aromatic rings. The highest BCUT2D eigenvalue weighted by Crippen LogP contribution is 2.32. The van der Waals surface area contributed by atoms with Gasteiger partial charge in [0.2, 0.25) is 5.91 Å². The van der Waals surface area contributed by atoms with Crippen LogP contribution >= 0.6 is 11.8 Å². The molecule has 0 N–H and O–H groups in total. The number of aryl methyl sites for hydroxylation is 1. The molecule has 0 radical (unpaired) electrons. The average molecular weight is 247 g/mol. The minimum absolute atomic E-state index is 0.209. The first-order valence-corrected chi connectivity index (χ1v) is 7.42. The molecule has 3 heteroatoms. The molecule has 0 spiro atoms.